The predicted molar refractivity (Wildman–Crippen MR) is 151 cm³/mol. The van der Waals surface area contributed by atoms with Gasteiger partial charge < -0.3 is 4.42 Å². The third-order valence-electron chi connectivity index (χ3n) is 8.93. The van der Waals surface area contributed by atoms with Crippen LogP contribution in [0.15, 0.2) is 65.2 Å². The Labute approximate surface area is 209 Å². The Balaban J connectivity index is 1.59. The lowest BCUT2D eigenvalue weighted by Crippen LogP contribution is -2.46. The first-order chi connectivity index (χ1) is 16.9. The van der Waals surface area contributed by atoms with Crippen molar-refractivity contribution in [1.29, 1.82) is 0 Å². The van der Waals surface area contributed by atoms with Crippen molar-refractivity contribution in [2.75, 3.05) is 0 Å². The molecule has 5 aromatic rings. The van der Waals surface area contributed by atoms with Crippen molar-refractivity contribution < 1.29 is 8.98 Å². The van der Waals surface area contributed by atoms with E-state index in [1.165, 1.54) is 76.0 Å². The molecule has 35 heavy (non-hydrogen) atoms. The number of aryl methyl sites for hydroxylation is 2. The number of aromatic nitrogens is 1. The maximum absolute atomic E-state index is 6.53. The summed E-state index contributed by atoms with van der Waals surface area (Å²) in [6, 6.07) is 20.4. The topological polar surface area (TPSA) is 17.0 Å². The summed E-state index contributed by atoms with van der Waals surface area (Å²) in [6.07, 6.45) is 9.30. The number of para-hydroxylation sites is 1. The van der Waals surface area contributed by atoms with Crippen LogP contribution >= 0.6 is 0 Å². The number of hydrogen-bond acceptors (Lipinski definition) is 1. The Hall–Kier alpha value is -2.91. The number of benzene rings is 3. The molecule has 6 rings (SSSR count). The van der Waals surface area contributed by atoms with Gasteiger partial charge in [0.2, 0.25) is 5.69 Å². The molecule has 2 heterocycles. The summed E-state index contributed by atoms with van der Waals surface area (Å²) in [5.74, 6) is 0. The highest BCUT2D eigenvalue weighted by Gasteiger charge is 2.35. The van der Waals surface area contributed by atoms with Crippen molar-refractivity contribution in [3.63, 3.8) is 0 Å². The molecular weight excluding hydrogens is 442 g/mol. The Bertz CT molecular complexity index is 1590. The van der Waals surface area contributed by atoms with Crippen LogP contribution in [0.4, 0.5) is 0 Å². The monoisotopic (exact) mass is 478 g/mol. The number of hydrogen-bond donors (Lipinski definition) is 0. The molecule has 3 aromatic carbocycles. The van der Waals surface area contributed by atoms with Gasteiger partial charge in [0.05, 0.1) is 19.0 Å². The first-order valence-corrected chi connectivity index (χ1v) is 16.3. The number of pyridine rings is 1. The van der Waals surface area contributed by atoms with E-state index in [9.17, 15) is 0 Å². The largest absolute Gasteiger partial charge is 0.455 e. The highest BCUT2D eigenvalue weighted by Crippen LogP contribution is 2.41. The van der Waals surface area contributed by atoms with Crippen LogP contribution in [0.1, 0.15) is 43.2 Å². The summed E-state index contributed by atoms with van der Waals surface area (Å²) < 4.78 is 8.81. The van der Waals surface area contributed by atoms with Crippen molar-refractivity contribution in [3.8, 4) is 11.3 Å². The van der Waals surface area contributed by atoms with Gasteiger partial charge in [-0.2, -0.15) is 0 Å². The van der Waals surface area contributed by atoms with E-state index in [2.05, 4.69) is 99.4 Å². The summed E-state index contributed by atoms with van der Waals surface area (Å²) in [5, 5.41) is 6.65. The van der Waals surface area contributed by atoms with Crippen LogP contribution in [0.5, 0.6) is 0 Å². The smallest absolute Gasteiger partial charge is 0.224 e. The zero-order valence-electron chi connectivity index (χ0n) is 21.7. The van der Waals surface area contributed by atoms with Gasteiger partial charge in [-0.15, -0.1) is 0 Å². The molecule has 1 fully saturated rings. The lowest BCUT2D eigenvalue weighted by Gasteiger charge is -2.36. The molecule has 1 aliphatic carbocycles. The zero-order valence-corrected chi connectivity index (χ0v) is 22.7. The van der Waals surface area contributed by atoms with Crippen LogP contribution in [0.3, 0.4) is 0 Å². The number of nitrogens with zero attached hydrogens (tertiary/aromatic N) is 1. The van der Waals surface area contributed by atoms with Gasteiger partial charge >= 0.3 is 0 Å². The van der Waals surface area contributed by atoms with Crippen LogP contribution in [0.25, 0.3) is 44.0 Å². The average Bonchev–Trinajstić information content (AvgIpc) is 3.23. The lowest BCUT2D eigenvalue weighted by atomic mass is 9.94. The lowest BCUT2D eigenvalue weighted by molar-refractivity contribution is -0.659. The third kappa shape index (κ3) is 3.55. The second kappa shape index (κ2) is 8.34. The van der Waals surface area contributed by atoms with Crippen LogP contribution in [0, 0.1) is 13.8 Å². The van der Waals surface area contributed by atoms with Gasteiger partial charge in [-0.1, -0.05) is 80.7 Å². The fraction of sp³-hybridized carbons (Fsp3) is 0.344. The molecule has 0 bridgehead atoms. The van der Waals surface area contributed by atoms with Gasteiger partial charge in [0.1, 0.15) is 18.2 Å². The second-order valence-electron chi connectivity index (χ2n) is 11.3. The quantitative estimate of drug-likeness (QED) is 0.189. The summed E-state index contributed by atoms with van der Waals surface area (Å²) in [6.45, 7) is 9.65. The maximum Gasteiger partial charge on any atom is 0.224 e. The van der Waals surface area contributed by atoms with Crippen molar-refractivity contribution in [2.24, 2.45) is 7.05 Å². The van der Waals surface area contributed by atoms with E-state index >= 15 is 0 Å². The SMILES string of the molecule is Cc1cc2c(oc3ccccc32)c(-c2c3ccc([Si](C)(C)C4CCCCC4)cc3cc[n+]2C)c1C. The molecule has 2 aromatic heterocycles. The Kier molecular flexibility index (Phi) is 5.37. The predicted octanol–water partition coefficient (Wildman–Crippen LogP) is 8.10. The maximum atomic E-state index is 6.53. The van der Waals surface area contributed by atoms with E-state index in [1.54, 1.807) is 5.19 Å². The molecule has 1 saturated carbocycles. The van der Waals surface area contributed by atoms with Crippen molar-refractivity contribution in [3.05, 3.63) is 71.9 Å². The van der Waals surface area contributed by atoms with E-state index in [0.29, 0.717) is 0 Å². The molecule has 0 radical (unpaired) electrons. The molecule has 0 unspecified atom stereocenters. The number of furan rings is 1. The Morgan fingerprint density at radius 3 is 2.43 bits per heavy atom. The van der Waals surface area contributed by atoms with Gasteiger partial charge in [0, 0.05) is 16.8 Å². The summed E-state index contributed by atoms with van der Waals surface area (Å²) >= 11 is 0. The summed E-state index contributed by atoms with van der Waals surface area (Å²) in [4.78, 5) is 0. The second-order valence-corrected chi connectivity index (χ2v) is 16.1. The minimum absolute atomic E-state index is 0.905. The van der Waals surface area contributed by atoms with Gasteiger partial charge in [-0.05, 0) is 54.1 Å². The molecular formula is C32H36NOSi+. The van der Waals surface area contributed by atoms with Gasteiger partial charge in [-0.25, -0.2) is 4.57 Å². The normalized spacial score (nSPS) is 15.5. The molecule has 0 saturated heterocycles. The first-order valence-electron chi connectivity index (χ1n) is 13.2. The van der Waals surface area contributed by atoms with E-state index in [1.807, 2.05) is 0 Å². The van der Waals surface area contributed by atoms with Crippen LogP contribution in [0.2, 0.25) is 18.6 Å². The van der Waals surface area contributed by atoms with Crippen molar-refractivity contribution in [1.82, 2.24) is 0 Å². The number of fused-ring (bicyclic) bond motifs is 4. The standard InChI is InChI=1S/C32H36NOSi/c1-21-19-28-27-13-9-10-14-29(27)34-32(28)30(22(21)2)31-26-16-15-25(20-23(26)17-18-33(31)3)35(4,5)24-11-7-6-8-12-24/h9-10,13-20,24H,6-8,11-12H2,1-5H3/q+1. The molecule has 1 aliphatic rings. The molecule has 0 N–H and O–H groups in total. The molecule has 178 valence electrons. The average molecular weight is 479 g/mol. The number of rotatable bonds is 3. The van der Waals surface area contributed by atoms with E-state index < -0.39 is 8.07 Å². The highest BCUT2D eigenvalue weighted by molar-refractivity contribution is 6.91. The summed E-state index contributed by atoms with van der Waals surface area (Å²) in [5.41, 5.74) is 7.93. The Morgan fingerprint density at radius 1 is 0.857 bits per heavy atom. The van der Waals surface area contributed by atoms with E-state index in [0.717, 1.165) is 16.7 Å². The van der Waals surface area contributed by atoms with Gasteiger partial charge in [-0.3, -0.25) is 0 Å². The first kappa shape index (κ1) is 22.5. The third-order valence-corrected chi connectivity index (χ3v) is 13.3. The fourth-order valence-electron chi connectivity index (χ4n) is 6.52. The van der Waals surface area contributed by atoms with Crippen LogP contribution in [-0.4, -0.2) is 8.07 Å². The minimum atomic E-state index is -1.52. The summed E-state index contributed by atoms with van der Waals surface area (Å²) in [7, 11) is 0.649. The van der Waals surface area contributed by atoms with Crippen LogP contribution < -0.4 is 9.75 Å². The molecule has 3 heteroatoms. The molecule has 0 atom stereocenters. The van der Waals surface area contributed by atoms with Gasteiger partial charge in [0.25, 0.3) is 0 Å². The fourth-order valence-corrected chi connectivity index (χ4v) is 9.88. The zero-order chi connectivity index (χ0) is 24.3. The Morgan fingerprint density at radius 2 is 1.63 bits per heavy atom. The minimum Gasteiger partial charge on any atom is -0.455 e. The molecule has 0 spiro atoms. The van der Waals surface area contributed by atoms with Crippen molar-refractivity contribution >= 4 is 46.0 Å². The van der Waals surface area contributed by atoms with Gasteiger partial charge in [0.15, 0.2) is 6.20 Å². The van der Waals surface area contributed by atoms with E-state index in [4.69, 9.17) is 4.42 Å². The molecule has 2 nitrogen and oxygen atoms in total. The highest BCUT2D eigenvalue weighted by atomic mass is 28.3. The molecule has 0 amide bonds. The van der Waals surface area contributed by atoms with E-state index in [-0.39, 0.29) is 0 Å². The van der Waals surface area contributed by atoms with Crippen molar-refractivity contribution in [2.45, 2.75) is 64.6 Å². The van der Waals surface area contributed by atoms with Crippen LogP contribution in [-0.2, 0) is 7.05 Å². The molecule has 0 aliphatic heterocycles.